The molecule has 4 aliphatic carbocycles. The van der Waals surface area contributed by atoms with Crippen molar-refractivity contribution in [1.29, 1.82) is 0 Å². The first kappa shape index (κ1) is 17.7. The van der Waals surface area contributed by atoms with Crippen molar-refractivity contribution in [2.75, 3.05) is 13.7 Å². The molecule has 4 heteroatoms. The van der Waals surface area contributed by atoms with Crippen molar-refractivity contribution in [2.45, 2.75) is 58.4 Å². The van der Waals surface area contributed by atoms with Crippen molar-refractivity contribution in [3.8, 4) is 11.5 Å². The molecule has 0 unspecified atom stereocenters. The third-order valence-electron chi connectivity index (χ3n) is 7.08. The summed E-state index contributed by atoms with van der Waals surface area (Å²) in [5.74, 6) is 3.97. The molecule has 4 nitrogen and oxygen atoms in total. The fourth-order valence-corrected chi connectivity index (χ4v) is 6.23. The van der Waals surface area contributed by atoms with Crippen LogP contribution in [0.15, 0.2) is 18.2 Å². The van der Waals surface area contributed by atoms with E-state index in [1.165, 1.54) is 38.5 Å². The number of nitrogens with one attached hydrogen (secondary N) is 1. The second-order valence-electron chi connectivity index (χ2n) is 8.77. The number of carbonyl (C=O) groups excluding carboxylic acids is 1. The summed E-state index contributed by atoms with van der Waals surface area (Å²) in [6.45, 7) is 4.70. The third-order valence-corrected chi connectivity index (χ3v) is 7.08. The number of rotatable bonds is 6. The second kappa shape index (κ2) is 6.79. The molecule has 5 rings (SSSR count). The first-order valence-electron chi connectivity index (χ1n) is 10.1. The molecule has 0 aromatic heterocycles. The molecule has 26 heavy (non-hydrogen) atoms. The normalized spacial score (nSPS) is 33.0. The highest BCUT2D eigenvalue weighted by Crippen LogP contribution is 2.61. The van der Waals surface area contributed by atoms with E-state index in [1.807, 2.05) is 19.1 Å². The Morgan fingerprint density at radius 3 is 2.31 bits per heavy atom. The van der Waals surface area contributed by atoms with E-state index in [-0.39, 0.29) is 11.9 Å². The Morgan fingerprint density at radius 2 is 1.77 bits per heavy atom. The van der Waals surface area contributed by atoms with E-state index in [0.29, 0.717) is 29.1 Å². The summed E-state index contributed by atoms with van der Waals surface area (Å²) in [6, 6.07) is 5.66. The number of amides is 1. The summed E-state index contributed by atoms with van der Waals surface area (Å²) in [5, 5.41) is 3.32. The third kappa shape index (κ3) is 3.08. The lowest BCUT2D eigenvalue weighted by molar-refractivity contribution is -0.0688. The van der Waals surface area contributed by atoms with Crippen LogP contribution in [0.1, 0.15) is 62.7 Å². The summed E-state index contributed by atoms with van der Waals surface area (Å²) >= 11 is 0. The quantitative estimate of drug-likeness (QED) is 0.819. The monoisotopic (exact) mass is 357 g/mol. The number of hydrogen-bond acceptors (Lipinski definition) is 3. The zero-order valence-corrected chi connectivity index (χ0v) is 16.2. The smallest absolute Gasteiger partial charge is 0.251 e. The first-order chi connectivity index (χ1) is 12.5. The number of methoxy groups -OCH3 is 1. The van der Waals surface area contributed by atoms with E-state index in [9.17, 15) is 4.79 Å². The van der Waals surface area contributed by atoms with Crippen LogP contribution in [0.4, 0.5) is 0 Å². The van der Waals surface area contributed by atoms with E-state index >= 15 is 0 Å². The van der Waals surface area contributed by atoms with Crippen LogP contribution in [0.5, 0.6) is 11.5 Å². The summed E-state index contributed by atoms with van der Waals surface area (Å²) < 4.78 is 10.9. The minimum absolute atomic E-state index is 0.00292. The van der Waals surface area contributed by atoms with E-state index in [4.69, 9.17) is 9.47 Å². The van der Waals surface area contributed by atoms with Gasteiger partial charge in [-0.05, 0) is 93.7 Å². The van der Waals surface area contributed by atoms with Gasteiger partial charge in [0.05, 0.1) is 13.7 Å². The summed E-state index contributed by atoms with van der Waals surface area (Å²) in [7, 11) is 1.62. The molecule has 0 spiro atoms. The SMILES string of the molecule is CCOc1cc(C(=O)N[C@@H](C)C23CC4CC(CC(C4)C2)C3)ccc1OC. The minimum atomic E-state index is -0.00292. The first-order valence-corrected chi connectivity index (χ1v) is 10.1. The molecule has 0 radical (unpaired) electrons. The fourth-order valence-electron chi connectivity index (χ4n) is 6.23. The Balaban J connectivity index is 1.49. The van der Waals surface area contributed by atoms with E-state index in [1.54, 1.807) is 13.2 Å². The van der Waals surface area contributed by atoms with Crippen LogP contribution in [0.3, 0.4) is 0 Å². The maximum Gasteiger partial charge on any atom is 0.251 e. The van der Waals surface area contributed by atoms with Gasteiger partial charge in [0, 0.05) is 11.6 Å². The molecule has 0 saturated heterocycles. The van der Waals surface area contributed by atoms with Gasteiger partial charge in [-0.3, -0.25) is 4.79 Å². The molecule has 1 atom stereocenters. The number of ether oxygens (including phenoxy) is 2. The fraction of sp³-hybridized carbons (Fsp3) is 0.682. The highest BCUT2D eigenvalue weighted by atomic mass is 16.5. The summed E-state index contributed by atoms with van der Waals surface area (Å²) in [5.41, 5.74) is 0.963. The molecule has 1 amide bonds. The maximum absolute atomic E-state index is 12.9. The van der Waals surface area contributed by atoms with Crippen LogP contribution < -0.4 is 14.8 Å². The molecule has 0 aliphatic heterocycles. The molecule has 1 N–H and O–H groups in total. The lowest BCUT2D eigenvalue weighted by Crippen LogP contribution is -2.55. The molecule has 142 valence electrons. The maximum atomic E-state index is 12.9. The topological polar surface area (TPSA) is 47.6 Å². The van der Waals surface area contributed by atoms with Crippen LogP contribution in [0.25, 0.3) is 0 Å². The van der Waals surface area contributed by atoms with Crippen LogP contribution in [-0.2, 0) is 0 Å². The summed E-state index contributed by atoms with van der Waals surface area (Å²) in [4.78, 5) is 12.9. The Labute approximate surface area is 156 Å². The Morgan fingerprint density at radius 1 is 1.15 bits per heavy atom. The Bertz CT molecular complexity index is 649. The Kier molecular flexibility index (Phi) is 4.62. The zero-order chi connectivity index (χ0) is 18.3. The van der Waals surface area contributed by atoms with Crippen molar-refractivity contribution in [1.82, 2.24) is 5.32 Å². The molecular weight excluding hydrogens is 326 g/mol. The average molecular weight is 357 g/mol. The van der Waals surface area contributed by atoms with Crippen LogP contribution in [-0.4, -0.2) is 25.7 Å². The molecule has 0 heterocycles. The number of hydrogen-bond donors (Lipinski definition) is 1. The van der Waals surface area contributed by atoms with Crippen molar-refractivity contribution in [3.63, 3.8) is 0 Å². The molecule has 4 saturated carbocycles. The van der Waals surface area contributed by atoms with Crippen molar-refractivity contribution >= 4 is 5.91 Å². The van der Waals surface area contributed by atoms with Gasteiger partial charge in [0.25, 0.3) is 5.91 Å². The highest BCUT2D eigenvalue weighted by molar-refractivity contribution is 5.95. The lowest BCUT2D eigenvalue weighted by Gasteiger charge is -2.59. The minimum Gasteiger partial charge on any atom is -0.493 e. The van der Waals surface area contributed by atoms with Gasteiger partial charge in [0.2, 0.25) is 0 Å². The van der Waals surface area contributed by atoms with Gasteiger partial charge in [0.15, 0.2) is 11.5 Å². The van der Waals surface area contributed by atoms with Crippen molar-refractivity contribution < 1.29 is 14.3 Å². The largest absolute Gasteiger partial charge is 0.493 e. The van der Waals surface area contributed by atoms with Gasteiger partial charge in [0.1, 0.15) is 0 Å². The van der Waals surface area contributed by atoms with Crippen molar-refractivity contribution in [2.24, 2.45) is 23.2 Å². The number of benzene rings is 1. The van der Waals surface area contributed by atoms with E-state index in [0.717, 1.165) is 17.8 Å². The predicted molar refractivity (Wildman–Crippen MR) is 102 cm³/mol. The van der Waals surface area contributed by atoms with Gasteiger partial charge in [-0.25, -0.2) is 0 Å². The van der Waals surface area contributed by atoms with E-state index < -0.39 is 0 Å². The molecule has 1 aromatic carbocycles. The predicted octanol–water partition coefficient (Wildman–Crippen LogP) is 4.43. The standard InChI is InChI=1S/C22H31NO3/c1-4-26-20-10-18(5-6-19(20)25-3)21(24)23-14(2)22-11-15-7-16(12-22)9-17(8-15)13-22/h5-6,10,14-17H,4,7-9,11-13H2,1-3H3,(H,23,24)/t14-,15?,16?,17?,22?/m0/s1. The summed E-state index contributed by atoms with van der Waals surface area (Å²) in [6.07, 6.45) is 8.18. The Hall–Kier alpha value is -1.71. The molecule has 4 bridgehead atoms. The van der Waals surface area contributed by atoms with Gasteiger partial charge in [-0.15, -0.1) is 0 Å². The molecule has 4 aliphatic rings. The lowest BCUT2D eigenvalue weighted by atomic mass is 9.48. The molecule has 1 aromatic rings. The van der Waals surface area contributed by atoms with Gasteiger partial charge in [-0.1, -0.05) is 0 Å². The number of carbonyl (C=O) groups is 1. The van der Waals surface area contributed by atoms with Gasteiger partial charge >= 0.3 is 0 Å². The zero-order valence-electron chi connectivity index (χ0n) is 16.2. The van der Waals surface area contributed by atoms with Crippen molar-refractivity contribution in [3.05, 3.63) is 23.8 Å². The highest BCUT2D eigenvalue weighted by Gasteiger charge is 2.53. The molecule has 4 fully saturated rings. The second-order valence-corrected chi connectivity index (χ2v) is 8.77. The average Bonchev–Trinajstić information content (AvgIpc) is 2.60. The molecular formula is C22H31NO3. The van der Waals surface area contributed by atoms with Gasteiger partial charge in [-0.2, -0.15) is 0 Å². The van der Waals surface area contributed by atoms with Crippen LogP contribution in [0.2, 0.25) is 0 Å². The van der Waals surface area contributed by atoms with Gasteiger partial charge < -0.3 is 14.8 Å². The van der Waals surface area contributed by atoms with Crippen LogP contribution in [0, 0.1) is 23.2 Å². The van der Waals surface area contributed by atoms with E-state index in [2.05, 4.69) is 12.2 Å². The van der Waals surface area contributed by atoms with Crippen LogP contribution >= 0.6 is 0 Å².